The maximum atomic E-state index is 12.2. The van der Waals surface area contributed by atoms with Crippen molar-refractivity contribution in [3.8, 4) is 5.75 Å². The number of amides is 2. The van der Waals surface area contributed by atoms with Gasteiger partial charge in [-0.3, -0.25) is 9.59 Å². The van der Waals surface area contributed by atoms with E-state index >= 15 is 0 Å². The fraction of sp³-hybridized carbons (Fsp3) is 0.385. The molecule has 1 saturated heterocycles. The van der Waals surface area contributed by atoms with Gasteiger partial charge >= 0.3 is 0 Å². The fourth-order valence-corrected chi connectivity index (χ4v) is 2.91. The molecule has 5 heteroatoms. The Morgan fingerprint density at radius 1 is 1.39 bits per heavy atom. The molecule has 1 aromatic rings. The summed E-state index contributed by atoms with van der Waals surface area (Å²) < 4.78 is 5.20. The number of imide groups is 1. The van der Waals surface area contributed by atoms with Gasteiger partial charge in [0.2, 0.25) is 11.8 Å². The minimum Gasteiger partial charge on any atom is -0.495 e. The summed E-state index contributed by atoms with van der Waals surface area (Å²) in [5, 5.41) is -0.257. The van der Waals surface area contributed by atoms with E-state index in [0.717, 1.165) is 5.75 Å². The molecule has 0 aromatic heterocycles. The molecule has 1 unspecified atom stereocenters. The second kappa shape index (κ2) is 5.44. The van der Waals surface area contributed by atoms with Crippen LogP contribution in [-0.2, 0) is 9.59 Å². The third-order valence-electron chi connectivity index (χ3n) is 2.80. The van der Waals surface area contributed by atoms with Crippen LogP contribution in [-0.4, -0.2) is 29.9 Å². The maximum absolute atomic E-state index is 12.2. The van der Waals surface area contributed by atoms with Gasteiger partial charge in [-0.2, -0.15) is 0 Å². The van der Waals surface area contributed by atoms with Crippen LogP contribution in [0.2, 0.25) is 0 Å². The van der Waals surface area contributed by atoms with Gasteiger partial charge < -0.3 is 4.74 Å². The molecule has 1 aliphatic rings. The number of hydrogen-bond acceptors (Lipinski definition) is 4. The van der Waals surface area contributed by atoms with Gasteiger partial charge in [0, 0.05) is 6.42 Å². The summed E-state index contributed by atoms with van der Waals surface area (Å²) in [7, 11) is 1.53. The van der Waals surface area contributed by atoms with Crippen LogP contribution in [0.4, 0.5) is 5.69 Å². The third kappa shape index (κ3) is 2.22. The molecule has 4 nitrogen and oxygen atoms in total. The molecule has 1 aromatic carbocycles. The van der Waals surface area contributed by atoms with E-state index in [-0.39, 0.29) is 23.5 Å². The predicted octanol–water partition coefficient (Wildman–Crippen LogP) is 2.08. The summed E-state index contributed by atoms with van der Waals surface area (Å²) in [4.78, 5) is 25.4. The van der Waals surface area contributed by atoms with E-state index in [1.807, 2.05) is 13.0 Å². The zero-order valence-corrected chi connectivity index (χ0v) is 11.2. The first-order valence-corrected chi connectivity index (χ1v) is 6.85. The van der Waals surface area contributed by atoms with Gasteiger partial charge in [0.15, 0.2) is 0 Å². The van der Waals surface area contributed by atoms with Crippen LogP contribution >= 0.6 is 11.8 Å². The van der Waals surface area contributed by atoms with Crippen molar-refractivity contribution in [2.24, 2.45) is 0 Å². The molecule has 96 valence electrons. The van der Waals surface area contributed by atoms with Crippen molar-refractivity contribution in [3.05, 3.63) is 24.3 Å². The van der Waals surface area contributed by atoms with Crippen molar-refractivity contribution in [1.29, 1.82) is 0 Å². The molecule has 0 bridgehead atoms. The van der Waals surface area contributed by atoms with Crippen molar-refractivity contribution in [3.63, 3.8) is 0 Å². The molecule has 1 fully saturated rings. The standard InChI is InChI=1S/C13H15NO3S/c1-3-18-11-8-12(15)14(13(11)16)9-6-4-5-7-10(9)17-2/h4-7,11H,3,8H2,1-2H3. The number of para-hydroxylation sites is 2. The van der Waals surface area contributed by atoms with Crippen molar-refractivity contribution in [2.75, 3.05) is 17.8 Å². The molecule has 0 aliphatic carbocycles. The van der Waals surface area contributed by atoms with Gasteiger partial charge in [0.05, 0.1) is 18.0 Å². The first-order chi connectivity index (χ1) is 8.69. The highest BCUT2D eigenvalue weighted by Crippen LogP contribution is 2.34. The molecule has 18 heavy (non-hydrogen) atoms. The Morgan fingerprint density at radius 3 is 2.78 bits per heavy atom. The Labute approximate surface area is 110 Å². The van der Waals surface area contributed by atoms with Crippen molar-refractivity contribution in [2.45, 2.75) is 18.6 Å². The lowest BCUT2D eigenvalue weighted by Gasteiger charge is -2.17. The van der Waals surface area contributed by atoms with E-state index in [4.69, 9.17) is 4.74 Å². The molecule has 0 radical (unpaired) electrons. The Balaban J connectivity index is 2.33. The van der Waals surface area contributed by atoms with Crippen LogP contribution in [0.25, 0.3) is 0 Å². The zero-order chi connectivity index (χ0) is 13.1. The van der Waals surface area contributed by atoms with Crippen molar-refractivity contribution in [1.82, 2.24) is 0 Å². The van der Waals surface area contributed by atoms with Gasteiger partial charge in [0.1, 0.15) is 5.75 Å². The Morgan fingerprint density at radius 2 is 2.11 bits per heavy atom. The summed E-state index contributed by atoms with van der Waals surface area (Å²) >= 11 is 1.51. The van der Waals surface area contributed by atoms with E-state index in [1.54, 1.807) is 18.2 Å². The average Bonchev–Trinajstić information content (AvgIpc) is 2.65. The second-order valence-electron chi connectivity index (χ2n) is 3.89. The molecule has 1 atom stereocenters. The molecule has 0 saturated carbocycles. The molecule has 1 heterocycles. The maximum Gasteiger partial charge on any atom is 0.247 e. The highest BCUT2D eigenvalue weighted by atomic mass is 32.2. The normalized spacial score (nSPS) is 19.4. The van der Waals surface area contributed by atoms with Gasteiger partial charge in [0.25, 0.3) is 0 Å². The number of methoxy groups -OCH3 is 1. The lowest BCUT2D eigenvalue weighted by Crippen LogP contribution is -2.31. The molecular formula is C13H15NO3S. The minimum atomic E-state index is -0.257. The number of ether oxygens (including phenoxy) is 1. The van der Waals surface area contributed by atoms with Gasteiger partial charge in [-0.05, 0) is 17.9 Å². The van der Waals surface area contributed by atoms with Crippen LogP contribution in [0.5, 0.6) is 5.75 Å². The number of rotatable bonds is 4. The van der Waals surface area contributed by atoms with Gasteiger partial charge in [-0.15, -0.1) is 11.8 Å². The number of nitrogens with zero attached hydrogens (tertiary/aromatic N) is 1. The molecule has 2 amide bonds. The lowest BCUT2D eigenvalue weighted by atomic mass is 10.2. The van der Waals surface area contributed by atoms with Crippen LogP contribution in [0, 0.1) is 0 Å². The highest BCUT2D eigenvalue weighted by molar-refractivity contribution is 8.00. The van der Waals surface area contributed by atoms with Crippen molar-refractivity contribution >= 4 is 29.3 Å². The number of hydrogen-bond donors (Lipinski definition) is 0. The van der Waals surface area contributed by atoms with E-state index in [0.29, 0.717) is 11.4 Å². The fourth-order valence-electron chi connectivity index (χ4n) is 2.00. The monoisotopic (exact) mass is 265 g/mol. The van der Waals surface area contributed by atoms with Crippen molar-refractivity contribution < 1.29 is 14.3 Å². The van der Waals surface area contributed by atoms with E-state index in [2.05, 4.69) is 0 Å². The van der Waals surface area contributed by atoms with Gasteiger partial charge in [-0.25, -0.2) is 4.90 Å². The first-order valence-electron chi connectivity index (χ1n) is 5.80. The third-order valence-corrected chi connectivity index (χ3v) is 3.90. The second-order valence-corrected chi connectivity index (χ2v) is 5.37. The minimum absolute atomic E-state index is 0.142. The molecule has 2 rings (SSSR count). The first kappa shape index (κ1) is 13.0. The summed E-state index contributed by atoms with van der Waals surface area (Å²) in [6.07, 6.45) is 0.273. The van der Waals surface area contributed by atoms with E-state index in [9.17, 15) is 9.59 Å². The SMILES string of the molecule is CCSC1CC(=O)N(c2ccccc2OC)C1=O. The quantitative estimate of drug-likeness (QED) is 0.782. The predicted molar refractivity (Wildman–Crippen MR) is 72.0 cm³/mol. The summed E-state index contributed by atoms with van der Waals surface area (Å²) in [6.45, 7) is 1.98. The smallest absolute Gasteiger partial charge is 0.247 e. The van der Waals surface area contributed by atoms with Crippen LogP contribution in [0.1, 0.15) is 13.3 Å². The summed E-state index contributed by atoms with van der Waals surface area (Å²) in [5.41, 5.74) is 0.536. The topological polar surface area (TPSA) is 46.6 Å². The Bertz CT molecular complexity index is 475. The number of carbonyl (C=O) groups is 2. The summed E-state index contributed by atoms with van der Waals surface area (Å²) in [6, 6.07) is 7.08. The van der Waals surface area contributed by atoms with Crippen LogP contribution in [0.3, 0.4) is 0 Å². The number of thioether (sulfide) groups is 1. The van der Waals surface area contributed by atoms with Crippen LogP contribution < -0.4 is 9.64 Å². The zero-order valence-electron chi connectivity index (χ0n) is 10.4. The molecule has 0 N–H and O–H groups in total. The Kier molecular flexibility index (Phi) is 3.91. The number of benzene rings is 1. The lowest BCUT2D eigenvalue weighted by molar-refractivity contribution is -0.121. The highest BCUT2D eigenvalue weighted by Gasteiger charge is 2.40. The molecule has 1 aliphatic heterocycles. The Hall–Kier alpha value is -1.49. The van der Waals surface area contributed by atoms with E-state index in [1.165, 1.54) is 23.8 Å². The van der Waals surface area contributed by atoms with E-state index < -0.39 is 0 Å². The average molecular weight is 265 g/mol. The number of anilines is 1. The molecule has 0 spiro atoms. The largest absolute Gasteiger partial charge is 0.495 e. The molecular weight excluding hydrogens is 250 g/mol. The number of carbonyl (C=O) groups excluding carboxylic acids is 2. The summed E-state index contributed by atoms with van der Waals surface area (Å²) in [5.74, 6) is 1.07. The van der Waals surface area contributed by atoms with Crippen LogP contribution in [0.15, 0.2) is 24.3 Å². The van der Waals surface area contributed by atoms with Gasteiger partial charge in [-0.1, -0.05) is 19.1 Å².